The highest BCUT2D eigenvalue weighted by Gasteiger charge is 2.27. The van der Waals surface area contributed by atoms with Crippen LogP contribution in [0.1, 0.15) is 19.3 Å². The van der Waals surface area contributed by atoms with Gasteiger partial charge in [-0.05, 0) is 18.8 Å². The number of nitrogens with two attached hydrogens (primary N) is 1. The van der Waals surface area contributed by atoms with E-state index in [-0.39, 0.29) is 18.2 Å². The van der Waals surface area contributed by atoms with Gasteiger partial charge in [-0.1, -0.05) is 0 Å². The fourth-order valence-electron chi connectivity index (χ4n) is 1.51. The van der Waals surface area contributed by atoms with Crippen molar-refractivity contribution in [3.63, 3.8) is 0 Å². The molecule has 13 heavy (non-hydrogen) atoms. The zero-order chi connectivity index (χ0) is 9.84. The lowest BCUT2D eigenvalue weighted by Gasteiger charge is -2.16. The molecule has 1 rings (SSSR count). The van der Waals surface area contributed by atoms with Crippen LogP contribution in [0.25, 0.3) is 0 Å². The average molecular weight is 186 g/mol. The first-order valence-electron chi connectivity index (χ1n) is 4.36. The van der Waals surface area contributed by atoms with Gasteiger partial charge in [-0.2, -0.15) is 0 Å². The lowest BCUT2D eigenvalue weighted by molar-refractivity contribution is -0.140. The van der Waals surface area contributed by atoms with Crippen LogP contribution in [0.4, 0.5) is 0 Å². The van der Waals surface area contributed by atoms with Gasteiger partial charge in [0.15, 0.2) is 0 Å². The van der Waals surface area contributed by atoms with Crippen LogP contribution in [0.15, 0.2) is 0 Å². The third kappa shape index (κ3) is 2.69. The molecule has 0 spiro atoms. The average Bonchev–Trinajstić information content (AvgIpc) is 2.28. The van der Waals surface area contributed by atoms with Crippen molar-refractivity contribution in [3.8, 4) is 0 Å². The second-order valence-electron chi connectivity index (χ2n) is 3.32. The highest BCUT2D eigenvalue weighted by Crippen LogP contribution is 2.17. The van der Waals surface area contributed by atoms with Crippen LogP contribution < -0.4 is 11.1 Å². The number of rotatable bonds is 2. The van der Waals surface area contributed by atoms with Crippen LogP contribution in [-0.2, 0) is 9.59 Å². The number of carbonyl (C=O) groups is 2. The van der Waals surface area contributed by atoms with Crippen molar-refractivity contribution in [2.24, 2.45) is 11.7 Å². The van der Waals surface area contributed by atoms with Crippen LogP contribution in [0.3, 0.4) is 0 Å². The summed E-state index contributed by atoms with van der Waals surface area (Å²) < 4.78 is 0. The minimum absolute atomic E-state index is 0.0980. The summed E-state index contributed by atoms with van der Waals surface area (Å²) in [5.74, 6) is -1.35. The molecular weight excluding hydrogens is 172 g/mol. The maximum Gasteiger partial charge on any atom is 0.320 e. The van der Waals surface area contributed by atoms with Crippen molar-refractivity contribution < 1.29 is 14.7 Å². The second kappa shape index (κ2) is 4.23. The number of carboxylic acids is 1. The quantitative estimate of drug-likeness (QED) is 0.532. The molecule has 0 aromatic rings. The minimum atomic E-state index is -1.03. The summed E-state index contributed by atoms with van der Waals surface area (Å²) in [6.45, 7) is 0.627. The van der Waals surface area contributed by atoms with Crippen LogP contribution in [0, 0.1) is 5.92 Å². The Morgan fingerprint density at radius 2 is 2.38 bits per heavy atom. The summed E-state index contributed by atoms with van der Waals surface area (Å²) >= 11 is 0. The van der Waals surface area contributed by atoms with Gasteiger partial charge in [-0.25, -0.2) is 0 Å². The molecule has 0 aromatic heterocycles. The zero-order valence-corrected chi connectivity index (χ0v) is 7.32. The van der Waals surface area contributed by atoms with Crippen molar-refractivity contribution in [3.05, 3.63) is 0 Å². The van der Waals surface area contributed by atoms with Gasteiger partial charge in [0.1, 0.15) is 6.04 Å². The van der Waals surface area contributed by atoms with Crippen molar-refractivity contribution in [2.45, 2.75) is 25.3 Å². The van der Waals surface area contributed by atoms with E-state index >= 15 is 0 Å². The number of carboxylic acid groups (broad SMARTS) is 1. The molecule has 5 heteroatoms. The standard InChI is InChI=1S/C8H14N2O3/c9-7(8(12)13)5-2-1-3-10-6(11)4-5/h5,7H,1-4,9H2,(H,10,11)(H,12,13)/t5-,7?/m1/s1. The van der Waals surface area contributed by atoms with Gasteiger partial charge in [0.2, 0.25) is 5.91 Å². The summed E-state index contributed by atoms with van der Waals surface area (Å²) in [4.78, 5) is 21.6. The Hall–Kier alpha value is -1.10. The summed E-state index contributed by atoms with van der Waals surface area (Å²) in [7, 11) is 0. The topological polar surface area (TPSA) is 92.4 Å². The fourth-order valence-corrected chi connectivity index (χ4v) is 1.51. The summed E-state index contributed by atoms with van der Waals surface area (Å²) in [6.07, 6.45) is 1.73. The van der Waals surface area contributed by atoms with Crippen LogP contribution in [0.2, 0.25) is 0 Å². The van der Waals surface area contributed by atoms with Crippen molar-refractivity contribution in [2.75, 3.05) is 6.54 Å². The Balaban J connectivity index is 2.56. The molecule has 4 N–H and O–H groups in total. The van der Waals surface area contributed by atoms with Crippen LogP contribution in [0.5, 0.6) is 0 Å². The van der Waals surface area contributed by atoms with E-state index in [9.17, 15) is 9.59 Å². The van der Waals surface area contributed by atoms with Crippen LogP contribution in [-0.4, -0.2) is 29.6 Å². The molecule has 5 nitrogen and oxygen atoms in total. The molecule has 1 unspecified atom stereocenters. The SMILES string of the molecule is NC(C(=O)O)[C@@H]1CCCNC(=O)C1. The summed E-state index contributed by atoms with van der Waals surface area (Å²) in [5, 5.41) is 11.3. The first kappa shape index (κ1) is 9.98. The number of amides is 1. The van der Waals surface area contributed by atoms with Crippen molar-refractivity contribution in [1.82, 2.24) is 5.32 Å². The molecule has 0 saturated carbocycles. The predicted molar refractivity (Wildman–Crippen MR) is 46.0 cm³/mol. The van der Waals surface area contributed by atoms with E-state index in [0.717, 1.165) is 6.42 Å². The Morgan fingerprint density at radius 1 is 1.69 bits per heavy atom. The molecule has 1 fully saturated rings. The molecule has 1 saturated heterocycles. The van der Waals surface area contributed by atoms with Gasteiger partial charge in [-0.3, -0.25) is 9.59 Å². The molecule has 1 amide bonds. The zero-order valence-electron chi connectivity index (χ0n) is 7.32. The van der Waals surface area contributed by atoms with Gasteiger partial charge in [-0.15, -0.1) is 0 Å². The highest BCUT2D eigenvalue weighted by molar-refractivity contribution is 5.79. The molecule has 0 aliphatic carbocycles. The molecule has 0 aromatic carbocycles. The van der Waals surface area contributed by atoms with E-state index in [4.69, 9.17) is 10.8 Å². The third-order valence-electron chi connectivity index (χ3n) is 2.31. The molecule has 1 aliphatic rings. The maximum atomic E-state index is 11.1. The number of nitrogens with one attached hydrogen (secondary N) is 1. The number of carbonyl (C=O) groups excluding carboxylic acids is 1. The third-order valence-corrected chi connectivity index (χ3v) is 2.31. The first-order valence-corrected chi connectivity index (χ1v) is 4.36. The van der Waals surface area contributed by atoms with Crippen molar-refractivity contribution in [1.29, 1.82) is 0 Å². The number of hydrogen-bond acceptors (Lipinski definition) is 3. The Morgan fingerprint density at radius 3 is 3.00 bits per heavy atom. The van der Waals surface area contributed by atoms with E-state index < -0.39 is 12.0 Å². The van der Waals surface area contributed by atoms with E-state index in [1.807, 2.05) is 0 Å². The lowest BCUT2D eigenvalue weighted by atomic mass is 9.93. The molecule has 0 bridgehead atoms. The minimum Gasteiger partial charge on any atom is -0.480 e. The van der Waals surface area contributed by atoms with Crippen LogP contribution >= 0.6 is 0 Å². The normalized spacial score (nSPS) is 25.9. The second-order valence-corrected chi connectivity index (χ2v) is 3.32. The maximum absolute atomic E-state index is 11.1. The van der Waals surface area contributed by atoms with E-state index in [1.54, 1.807) is 0 Å². The van der Waals surface area contributed by atoms with Gasteiger partial charge in [0.25, 0.3) is 0 Å². The molecule has 2 atom stereocenters. The van der Waals surface area contributed by atoms with E-state index in [2.05, 4.69) is 5.32 Å². The van der Waals surface area contributed by atoms with Gasteiger partial charge in [0, 0.05) is 13.0 Å². The Labute approximate surface area is 76.3 Å². The molecule has 1 heterocycles. The Bertz CT molecular complexity index is 217. The van der Waals surface area contributed by atoms with Gasteiger partial charge < -0.3 is 16.2 Å². The lowest BCUT2D eigenvalue weighted by Crippen LogP contribution is -2.39. The van der Waals surface area contributed by atoms with Crippen molar-refractivity contribution >= 4 is 11.9 Å². The summed E-state index contributed by atoms with van der Waals surface area (Å²) in [6, 6.07) is -0.913. The largest absolute Gasteiger partial charge is 0.480 e. The Kier molecular flexibility index (Phi) is 3.25. The van der Waals surface area contributed by atoms with Gasteiger partial charge in [0.05, 0.1) is 0 Å². The van der Waals surface area contributed by atoms with E-state index in [1.165, 1.54) is 0 Å². The smallest absolute Gasteiger partial charge is 0.320 e. The monoisotopic (exact) mass is 186 g/mol. The number of aliphatic carboxylic acids is 1. The molecule has 0 radical (unpaired) electrons. The van der Waals surface area contributed by atoms with E-state index in [0.29, 0.717) is 13.0 Å². The highest BCUT2D eigenvalue weighted by atomic mass is 16.4. The number of hydrogen-bond donors (Lipinski definition) is 3. The molecular formula is C8H14N2O3. The van der Waals surface area contributed by atoms with Gasteiger partial charge >= 0.3 is 5.97 Å². The summed E-state index contributed by atoms with van der Waals surface area (Å²) in [5.41, 5.74) is 5.44. The molecule has 74 valence electrons. The first-order chi connectivity index (χ1) is 6.11. The fraction of sp³-hybridized carbons (Fsp3) is 0.750. The molecule has 1 aliphatic heterocycles. The predicted octanol–water partition coefficient (Wildman–Crippen LogP) is -0.685.